The van der Waals surface area contributed by atoms with Crippen LogP contribution in [0.5, 0.6) is 11.5 Å². The molecule has 0 amide bonds. The molecule has 0 radical (unpaired) electrons. The van der Waals surface area contributed by atoms with Gasteiger partial charge in [-0.25, -0.2) is 9.13 Å². The van der Waals surface area contributed by atoms with Crippen LogP contribution in [0.4, 0.5) is 0 Å². The fraction of sp³-hybridized carbons (Fsp3) is 0.520. The molecule has 2 rings (SSSR count). The molecule has 2 aromatic carbocycles. The van der Waals surface area contributed by atoms with E-state index in [2.05, 4.69) is 0 Å². The molecule has 0 aromatic heterocycles. The zero-order valence-corrected chi connectivity index (χ0v) is 23.5. The molecular formula is C25H39NaO8P2. The van der Waals surface area contributed by atoms with Crippen molar-refractivity contribution in [3.8, 4) is 11.5 Å². The first-order valence-electron chi connectivity index (χ1n) is 11.6. The molecular weight excluding hydrogens is 513 g/mol. The minimum atomic E-state index is -4.89. The van der Waals surface area contributed by atoms with Crippen molar-refractivity contribution >= 4 is 45.2 Å². The van der Waals surface area contributed by atoms with Crippen LogP contribution in [0.25, 0.3) is 0 Å². The van der Waals surface area contributed by atoms with Gasteiger partial charge in [-0.05, 0) is 45.9 Å². The Bertz CT molecular complexity index is 1080. The number of phosphoric ester groups is 2. The van der Waals surface area contributed by atoms with Crippen molar-refractivity contribution in [3.63, 3.8) is 0 Å². The van der Waals surface area contributed by atoms with Gasteiger partial charge in [-0.1, -0.05) is 79.7 Å². The third-order valence-electron chi connectivity index (χ3n) is 5.69. The predicted molar refractivity (Wildman–Crippen MR) is 144 cm³/mol. The zero-order chi connectivity index (χ0) is 27.0. The van der Waals surface area contributed by atoms with E-state index in [-0.39, 0.29) is 47.5 Å². The summed E-state index contributed by atoms with van der Waals surface area (Å²) in [7, 11) is -9.78. The van der Waals surface area contributed by atoms with E-state index in [1.165, 1.54) is 0 Å². The molecule has 0 aliphatic carbocycles. The molecule has 0 saturated carbocycles. The Hall–Kier alpha value is -0.660. The number of rotatable bonds is 8. The second-order valence-electron chi connectivity index (χ2n) is 10.8. The summed E-state index contributed by atoms with van der Waals surface area (Å²) in [4.78, 5) is 38.7. The van der Waals surface area contributed by atoms with Crippen molar-refractivity contribution in [1.82, 2.24) is 0 Å². The van der Waals surface area contributed by atoms with Gasteiger partial charge in [-0.3, -0.25) is 19.6 Å². The van der Waals surface area contributed by atoms with Gasteiger partial charge >= 0.3 is 45.2 Å². The fourth-order valence-corrected chi connectivity index (χ4v) is 4.86. The predicted octanol–water partition coefficient (Wildman–Crippen LogP) is 5.29. The van der Waals surface area contributed by atoms with Crippen molar-refractivity contribution < 1.29 is 37.8 Å². The van der Waals surface area contributed by atoms with E-state index in [0.29, 0.717) is 35.1 Å². The standard InChI is InChI=1S/C25H38O8P2.Na.H/c1-9-16-11-18(22(32-34(26,27)28)20(13-16)24(3,4)5)15-19-12-17(10-2)14-21(25(6,7)8)23(19)33-35(29,30)31;;/h11-14H,9-10,15H2,1-8H3,(H2,26,27,28)(H2,29,30,31);;. The van der Waals surface area contributed by atoms with Crippen molar-refractivity contribution in [2.45, 2.75) is 85.5 Å². The van der Waals surface area contributed by atoms with Gasteiger partial charge in [0.25, 0.3) is 0 Å². The topological polar surface area (TPSA) is 134 Å². The molecule has 0 atom stereocenters. The van der Waals surface area contributed by atoms with E-state index in [4.69, 9.17) is 9.05 Å². The molecule has 2 aromatic rings. The van der Waals surface area contributed by atoms with Crippen LogP contribution in [-0.4, -0.2) is 49.1 Å². The van der Waals surface area contributed by atoms with Crippen molar-refractivity contribution in [1.29, 1.82) is 0 Å². The monoisotopic (exact) mass is 552 g/mol. The number of aryl methyl sites for hydroxylation is 2. The third-order valence-corrected chi connectivity index (χ3v) is 6.53. The molecule has 11 heteroatoms. The molecule has 0 spiro atoms. The van der Waals surface area contributed by atoms with Crippen molar-refractivity contribution in [2.75, 3.05) is 0 Å². The Morgan fingerprint density at radius 1 is 0.667 bits per heavy atom. The summed E-state index contributed by atoms with van der Waals surface area (Å²) in [5.41, 5.74) is 3.19. The second kappa shape index (κ2) is 12.0. The quantitative estimate of drug-likeness (QED) is 0.256. The number of hydrogen-bond donors (Lipinski definition) is 4. The van der Waals surface area contributed by atoms with E-state index in [0.717, 1.165) is 11.1 Å². The van der Waals surface area contributed by atoms with Gasteiger partial charge in [0.1, 0.15) is 11.5 Å². The van der Waals surface area contributed by atoms with Crippen molar-refractivity contribution in [2.24, 2.45) is 0 Å². The van der Waals surface area contributed by atoms with Crippen LogP contribution in [-0.2, 0) is 39.2 Å². The first-order chi connectivity index (χ1) is 15.7. The van der Waals surface area contributed by atoms with Crippen LogP contribution in [0.3, 0.4) is 0 Å². The average molecular weight is 553 g/mol. The number of benzene rings is 2. The van der Waals surface area contributed by atoms with Gasteiger partial charge in [-0.2, -0.15) is 0 Å². The van der Waals surface area contributed by atoms with E-state index in [9.17, 15) is 28.7 Å². The third kappa shape index (κ3) is 9.27. The number of phosphoric acid groups is 2. The summed E-state index contributed by atoms with van der Waals surface area (Å²) in [5.74, 6) is 0.147. The Morgan fingerprint density at radius 3 is 1.19 bits per heavy atom. The Labute approximate surface area is 236 Å². The van der Waals surface area contributed by atoms with Crippen LogP contribution in [0.2, 0.25) is 0 Å². The van der Waals surface area contributed by atoms with Crippen LogP contribution in [0.15, 0.2) is 24.3 Å². The number of hydrogen-bond acceptors (Lipinski definition) is 4. The Morgan fingerprint density at radius 2 is 0.972 bits per heavy atom. The molecule has 0 aliphatic heterocycles. The molecule has 198 valence electrons. The van der Waals surface area contributed by atoms with Crippen LogP contribution in [0, 0.1) is 0 Å². The summed E-state index contributed by atoms with van der Waals surface area (Å²) < 4.78 is 34.3. The first-order valence-corrected chi connectivity index (χ1v) is 14.6. The van der Waals surface area contributed by atoms with Gasteiger partial charge < -0.3 is 9.05 Å². The van der Waals surface area contributed by atoms with E-state index in [1.54, 1.807) is 0 Å². The van der Waals surface area contributed by atoms with Gasteiger partial charge in [0, 0.05) is 17.5 Å². The summed E-state index contributed by atoms with van der Waals surface area (Å²) in [6, 6.07) is 7.39. The zero-order valence-electron chi connectivity index (χ0n) is 21.7. The molecule has 36 heavy (non-hydrogen) atoms. The van der Waals surface area contributed by atoms with E-state index >= 15 is 0 Å². The van der Waals surface area contributed by atoms with Crippen LogP contribution >= 0.6 is 15.6 Å². The first kappa shape index (κ1) is 33.4. The van der Waals surface area contributed by atoms with Crippen LogP contribution < -0.4 is 9.05 Å². The summed E-state index contributed by atoms with van der Waals surface area (Å²) in [6.07, 6.45) is 1.46. The van der Waals surface area contributed by atoms with Crippen LogP contribution in [0.1, 0.15) is 88.8 Å². The van der Waals surface area contributed by atoms with E-state index in [1.807, 2.05) is 79.7 Å². The molecule has 8 nitrogen and oxygen atoms in total. The van der Waals surface area contributed by atoms with Gasteiger partial charge in [0.2, 0.25) is 0 Å². The molecule has 0 unspecified atom stereocenters. The summed E-state index contributed by atoms with van der Waals surface area (Å²) in [5, 5.41) is 0. The molecule has 4 N–H and O–H groups in total. The molecule has 0 bridgehead atoms. The SMILES string of the molecule is CCc1cc(Cc2cc(CC)cc(C(C)(C)C)c2OP(=O)(O)O)c(OP(=O)(O)O)c(C(C)(C)C)c1.[NaH]. The van der Waals surface area contributed by atoms with Crippen molar-refractivity contribution in [3.05, 3.63) is 57.6 Å². The fourth-order valence-electron chi connectivity index (χ4n) is 3.95. The Balaban J connectivity index is 0.00000648. The summed E-state index contributed by atoms with van der Waals surface area (Å²) in [6.45, 7) is 15.5. The maximum atomic E-state index is 11.9. The second-order valence-corrected chi connectivity index (χ2v) is 13.1. The van der Waals surface area contributed by atoms with Gasteiger partial charge in [0.15, 0.2) is 0 Å². The summed E-state index contributed by atoms with van der Waals surface area (Å²) >= 11 is 0. The van der Waals surface area contributed by atoms with Gasteiger partial charge in [-0.15, -0.1) is 0 Å². The molecule has 0 saturated heterocycles. The molecule has 0 fully saturated rings. The molecule has 0 aliphatic rings. The Kier molecular flexibility index (Phi) is 11.1. The van der Waals surface area contributed by atoms with E-state index < -0.39 is 26.5 Å². The molecule has 0 heterocycles. The van der Waals surface area contributed by atoms with Gasteiger partial charge in [0.05, 0.1) is 0 Å². The maximum absolute atomic E-state index is 11.9. The average Bonchev–Trinajstić information content (AvgIpc) is 2.66. The normalized spacial score (nSPS) is 12.8. The minimum absolute atomic E-state index is 0.